The van der Waals surface area contributed by atoms with Gasteiger partial charge in [0, 0.05) is 11.0 Å². The van der Waals surface area contributed by atoms with E-state index in [1.54, 1.807) is 6.92 Å². The Hall–Kier alpha value is -0.920. The van der Waals surface area contributed by atoms with Gasteiger partial charge in [-0.2, -0.15) is 0 Å². The van der Waals surface area contributed by atoms with Crippen molar-refractivity contribution in [2.45, 2.75) is 32.1 Å². The number of carbonyl (C=O) groups is 1. The SMILES string of the molecule is Cc1c(Br)cc(C(=O)O)cc1S(=O)(=O)NCCC(C)C. The molecule has 0 bridgehead atoms. The van der Waals surface area contributed by atoms with Gasteiger partial charge in [-0.25, -0.2) is 17.9 Å². The number of hydrogen-bond acceptors (Lipinski definition) is 3. The molecule has 20 heavy (non-hydrogen) atoms. The summed E-state index contributed by atoms with van der Waals surface area (Å²) in [6, 6.07) is 2.57. The van der Waals surface area contributed by atoms with Gasteiger partial charge >= 0.3 is 5.97 Å². The van der Waals surface area contributed by atoms with E-state index in [1.807, 2.05) is 13.8 Å². The first kappa shape index (κ1) is 17.1. The summed E-state index contributed by atoms with van der Waals surface area (Å²) in [6.45, 7) is 5.96. The number of aromatic carboxylic acids is 1. The molecule has 0 amide bonds. The molecular weight excluding hydrogens is 346 g/mol. The fraction of sp³-hybridized carbons (Fsp3) is 0.462. The zero-order valence-electron chi connectivity index (χ0n) is 11.6. The van der Waals surface area contributed by atoms with Gasteiger partial charge in [0.1, 0.15) is 0 Å². The lowest BCUT2D eigenvalue weighted by molar-refractivity contribution is 0.0696. The van der Waals surface area contributed by atoms with Crippen LogP contribution in [0.4, 0.5) is 0 Å². The predicted molar refractivity (Wildman–Crippen MR) is 80.5 cm³/mol. The number of sulfonamides is 1. The van der Waals surface area contributed by atoms with E-state index in [0.717, 1.165) is 6.42 Å². The Morgan fingerprint density at radius 3 is 2.50 bits per heavy atom. The molecule has 2 N–H and O–H groups in total. The number of nitrogens with one attached hydrogen (secondary N) is 1. The second kappa shape index (κ2) is 6.69. The molecule has 1 aromatic carbocycles. The van der Waals surface area contributed by atoms with Crippen LogP contribution in [-0.4, -0.2) is 26.0 Å². The molecule has 0 unspecified atom stereocenters. The number of hydrogen-bond donors (Lipinski definition) is 2. The highest BCUT2D eigenvalue weighted by Gasteiger charge is 2.20. The number of benzene rings is 1. The zero-order valence-corrected chi connectivity index (χ0v) is 14.0. The molecule has 0 atom stereocenters. The van der Waals surface area contributed by atoms with Gasteiger partial charge in [-0.1, -0.05) is 29.8 Å². The summed E-state index contributed by atoms with van der Waals surface area (Å²) in [6.07, 6.45) is 0.720. The third kappa shape index (κ3) is 4.29. The third-order valence-corrected chi connectivity index (χ3v) is 5.26. The molecule has 0 aliphatic rings. The average Bonchev–Trinajstić information content (AvgIpc) is 2.31. The Labute approximate surface area is 127 Å². The van der Waals surface area contributed by atoms with Crippen molar-refractivity contribution in [2.24, 2.45) is 5.92 Å². The highest BCUT2D eigenvalue weighted by atomic mass is 79.9. The van der Waals surface area contributed by atoms with Gasteiger partial charge in [0.2, 0.25) is 10.0 Å². The molecule has 1 aromatic rings. The standard InChI is InChI=1S/C13H18BrNO4S/c1-8(2)4-5-15-20(18,19)12-7-10(13(16)17)6-11(14)9(12)3/h6-8,15H,4-5H2,1-3H3,(H,16,17). The van der Waals surface area contributed by atoms with E-state index in [-0.39, 0.29) is 10.5 Å². The van der Waals surface area contributed by atoms with Crippen LogP contribution < -0.4 is 4.72 Å². The fourth-order valence-electron chi connectivity index (χ4n) is 1.62. The normalized spacial score (nSPS) is 11.8. The largest absolute Gasteiger partial charge is 0.478 e. The highest BCUT2D eigenvalue weighted by Crippen LogP contribution is 2.25. The Morgan fingerprint density at radius 2 is 2.00 bits per heavy atom. The summed E-state index contributed by atoms with van der Waals surface area (Å²) in [5.74, 6) is -0.778. The second-order valence-electron chi connectivity index (χ2n) is 4.97. The highest BCUT2D eigenvalue weighted by molar-refractivity contribution is 9.10. The van der Waals surface area contributed by atoms with Crippen LogP contribution in [0, 0.1) is 12.8 Å². The third-order valence-electron chi connectivity index (χ3n) is 2.85. The molecule has 0 saturated carbocycles. The van der Waals surface area contributed by atoms with Gasteiger partial charge in [-0.15, -0.1) is 0 Å². The molecule has 5 nitrogen and oxygen atoms in total. The molecule has 7 heteroatoms. The van der Waals surface area contributed by atoms with E-state index < -0.39 is 16.0 Å². The van der Waals surface area contributed by atoms with Crippen LogP contribution in [0.2, 0.25) is 0 Å². The van der Waals surface area contributed by atoms with Gasteiger partial charge in [-0.3, -0.25) is 0 Å². The summed E-state index contributed by atoms with van der Waals surface area (Å²) < 4.78 is 27.4. The van der Waals surface area contributed by atoms with Crippen LogP contribution >= 0.6 is 15.9 Å². The number of rotatable bonds is 6. The van der Waals surface area contributed by atoms with E-state index in [1.165, 1.54) is 12.1 Å². The first-order chi connectivity index (χ1) is 9.15. The first-order valence-electron chi connectivity index (χ1n) is 6.18. The van der Waals surface area contributed by atoms with Gasteiger partial charge < -0.3 is 5.11 Å². The lowest BCUT2D eigenvalue weighted by Crippen LogP contribution is -2.26. The van der Waals surface area contributed by atoms with Crippen LogP contribution in [0.15, 0.2) is 21.5 Å². The van der Waals surface area contributed by atoms with Crippen molar-refractivity contribution in [1.29, 1.82) is 0 Å². The van der Waals surface area contributed by atoms with Crippen LogP contribution in [0.3, 0.4) is 0 Å². The maximum Gasteiger partial charge on any atom is 0.335 e. The zero-order chi connectivity index (χ0) is 15.5. The van der Waals surface area contributed by atoms with E-state index in [4.69, 9.17) is 5.11 Å². The second-order valence-corrected chi connectivity index (χ2v) is 7.56. The lowest BCUT2D eigenvalue weighted by atomic mass is 10.1. The Bertz CT molecular complexity index is 611. The van der Waals surface area contributed by atoms with Gasteiger partial charge in [0.05, 0.1) is 10.5 Å². The quantitative estimate of drug-likeness (QED) is 0.813. The number of halogens is 1. The smallest absolute Gasteiger partial charge is 0.335 e. The van der Waals surface area contributed by atoms with Crippen LogP contribution in [-0.2, 0) is 10.0 Å². The monoisotopic (exact) mass is 363 g/mol. The molecular formula is C13H18BrNO4S. The molecule has 0 radical (unpaired) electrons. The van der Waals surface area contributed by atoms with Crippen molar-refractivity contribution < 1.29 is 18.3 Å². The molecule has 0 heterocycles. The van der Waals surface area contributed by atoms with Gasteiger partial charge in [0.25, 0.3) is 0 Å². The van der Waals surface area contributed by atoms with Crippen LogP contribution in [0.5, 0.6) is 0 Å². The molecule has 0 spiro atoms. The van der Waals surface area contributed by atoms with Crippen molar-refractivity contribution in [3.63, 3.8) is 0 Å². The summed E-state index contributed by atoms with van der Waals surface area (Å²) in [4.78, 5) is 11.0. The Kier molecular flexibility index (Phi) is 5.73. The van der Waals surface area contributed by atoms with E-state index in [0.29, 0.717) is 22.5 Å². The predicted octanol–water partition coefficient (Wildman–Crippen LogP) is 2.78. The molecule has 0 aliphatic heterocycles. The van der Waals surface area contributed by atoms with Crippen molar-refractivity contribution in [2.75, 3.05) is 6.54 Å². The minimum absolute atomic E-state index is 0.00645. The van der Waals surface area contributed by atoms with E-state index in [2.05, 4.69) is 20.7 Å². The fourth-order valence-corrected chi connectivity index (χ4v) is 3.54. The Morgan fingerprint density at radius 1 is 1.40 bits per heavy atom. The van der Waals surface area contributed by atoms with Crippen molar-refractivity contribution in [3.8, 4) is 0 Å². The van der Waals surface area contributed by atoms with E-state index in [9.17, 15) is 13.2 Å². The van der Waals surface area contributed by atoms with Crippen LogP contribution in [0.1, 0.15) is 36.2 Å². The molecule has 0 saturated heterocycles. The molecule has 0 fully saturated rings. The summed E-state index contributed by atoms with van der Waals surface area (Å²) in [5, 5.41) is 9.00. The van der Waals surface area contributed by atoms with Crippen molar-refractivity contribution in [1.82, 2.24) is 4.72 Å². The van der Waals surface area contributed by atoms with Gasteiger partial charge in [0.15, 0.2) is 0 Å². The minimum atomic E-state index is -3.71. The molecule has 112 valence electrons. The topological polar surface area (TPSA) is 83.5 Å². The van der Waals surface area contributed by atoms with Crippen molar-refractivity contribution in [3.05, 3.63) is 27.7 Å². The number of carboxylic acids is 1. The maximum atomic E-state index is 12.2. The summed E-state index contributed by atoms with van der Waals surface area (Å²) >= 11 is 3.19. The lowest BCUT2D eigenvalue weighted by Gasteiger charge is -2.12. The summed E-state index contributed by atoms with van der Waals surface area (Å²) in [7, 11) is -3.71. The van der Waals surface area contributed by atoms with Gasteiger partial charge in [-0.05, 0) is 37.0 Å². The maximum absolute atomic E-state index is 12.2. The molecule has 0 aliphatic carbocycles. The Balaban J connectivity index is 3.14. The average molecular weight is 364 g/mol. The first-order valence-corrected chi connectivity index (χ1v) is 8.46. The number of carboxylic acid groups (broad SMARTS) is 1. The van der Waals surface area contributed by atoms with Crippen molar-refractivity contribution >= 4 is 31.9 Å². The molecule has 1 rings (SSSR count). The van der Waals surface area contributed by atoms with E-state index >= 15 is 0 Å². The summed E-state index contributed by atoms with van der Waals surface area (Å²) in [5.41, 5.74) is 0.429. The van der Waals surface area contributed by atoms with Crippen LogP contribution in [0.25, 0.3) is 0 Å². The molecule has 0 aromatic heterocycles. The minimum Gasteiger partial charge on any atom is -0.478 e.